The van der Waals surface area contributed by atoms with Gasteiger partial charge in [-0.05, 0) is 32.2 Å². The molecule has 4 heteroatoms. The van der Waals surface area contributed by atoms with Crippen molar-refractivity contribution in [2.75, 3.05) is 19.4 Å². The van der Waals surface area contributed by atoms with E-state index < -0.39 is 6.10 Å². The van der Waals surface area contributed by atoms with Crippen LogP contribution in [0.5, 0.6) is 0 Å². The quantitative estimate of drug-likeness (QED) is 0.652. The highest BCUT2D eigenvalue weighted by atomic mass is 32.2. The van der Waals surface area contributed by atoms with Crippen LogP contribution in [-0.2, 0) is 0 Å². The highest BCUT2D eigenvalue weighted by Gasteiger charge is 2.29. The van der Waals surface area contributed by atoms with Crippen LogP contribution in [-0.4, -0.2) is 47.0 Å². The van der Waals surface area contributed by atoms with Gasteiger partial charge in [0, 0.05) is 17.0 Å². The molecule has 0 aromatic carbocycles. The molecule has 0 spiro atoms. The van der Waals surface area contributed by atoms with Crippen LogP contribution in [0.4, 0.5) is 0 Å². The summed E-state index contributed by atoms with van der Waals surface area (Å²) in [5.41, 5.74) is 0. The second-order valence-electron chi connectivity index (χ2n) is 5.07. The van der Waals surface area contributed by atoms with Gasteiger partial charge in [-0.25, -0.2) is 0 Å². The molecule has 4 atom stereocenters. The molecule has 3 nitrogen and oxygen atoms in total. The van der Waals surface area contributed by atoms with Crippen LogP contribution in [0.2, 0.25) is 0 Å². The van der Waals surface area contributed by atoms with Crippen molar-refractivity contribution in [3.63, 3.8) is 0 Å². The maximum absolute atomic E-state index is 9.43. The third-order valence-electron chi connectivity index (χ3n) is 3.68. The summed E-state index contributed by atoms with van der Waals surface area (Å²) < 4.78 is 0. The fourth-order valence-electron chi connectivity index (χ4n) is 2.68. The largest absolute Gasteiger partial charge is 0.394 e. The van der Waals surface area contributed by atoms with Crippen molar-refractivity contribution in [3.8, 4) is 0 Å². The van der Waals surface area contributed by atoms with Crippen LogP contribution in [0, 0.1) is 5.92 Å². The Morgan fingerprint density at radius 2 is 2.18 bits per heavy atom. The standard InChI is InChI=1S/C13H27NO2S/c1-3-4-10-5-6-12(14-2)13(7-10)17-9-11(16)8-15/h10-16H,3-9H2,1-2H3. The van der Waals surface area contributed by atoms with E-state index in [4.69, 9.17) is 5.11 Å². The lowest BCUT2D eigenvalue weighted by Gasteiger charge is -2.36. The predicted molar refractivity (Wildman–Crippen MR) is 74.4 cm³/mol. The van der Waals surface area contributed by atoms with Crippen LogP contribution in [0.15, 0.2) is 0 Å². The van der Waals surface area contributed by atoms with Gasteiger partial charge in [-0.1, -0.05) is 19.8 Å². The van der Waals surface area contributed by atoms with Gasteiger partial charge in [-0.15, -0.1) is 0 Å². The van der Waals surface area contributed by atoms with Gasteiger partial charge >= 0.3 is 0 Å². The summed E-state index contributed by atoms with van der Waals surface area (Å²) >= 11 is 1.82. The minimum absolute atomic E-state index is 0.123. The Labute approximate surface area is 109 Å². The highest BCUT2D eigenvalue weighted by molar-refractivity contribution is 8.00. The number of thioether (sulfide) groups is 1. The molecule has 1 fully saturated rings. The van der Waals surface area contributed by atoms with Crippen molar-refractivity contribution in [1.29, 1.82) is 0 Å². The molecule has 0 aliphatic heterocycles. The second kappa shape index (κ2) is 8.35. The van der Waals surface area contributed by atoms with Crippen LogP contribution in [0.3, 0.4) is 0 Å². The second-order valence-corrected chi connectivity index (χ2v) is 6.34. The van der Waals surface area contributed by atoms with Gasteiger partial charge in [0.05, 0.1) is 12.7 Å². The van der Waals surface area contributed by atoms with Crippen molar-refractivity contribution >= 4 is 11.8 Å². The molecular formula is C13H27NO2S. The van der Waals surface area contributed by atoms with Gasteiger partial charge in [0.1, 0.15) is 0 Å². The Kier molecular flexibility index (Phi) is 7.51. The van der Waals surface area contributed by atoms with Crippen molar-refractivity contribution in [3.05, 3.63) is 0 Å². The molecule has 0 aromatic rings. The molecule has 0 amide bonds. The first-order valence-corrected chi connectivity index (χ1v) is 7.83. The molecule has 0 radical (unpaired) electrons. The van der Waals surface area contributed by atoms with Gasteiger partial charge < -0.3 is 15.5 Å². The maximum Gasteiger partial charge on any atom is 0.0861 e. The fourth-order valence-corrected chi connectivity index (χ4v) is 4.17. The molecule has 1 saturated carbocycles. The molecule has 1 rings (SSSR count). The van der Waals surface area contributed by atoms with E-state index in [1.807, 2.05) is 18.8 Å². The minimum atomic E-state index is -0.566. The molecule has 0 saturated heterocycles. The lowest BCUT2D eigenvalue weighted by atomic mass is 9.83. The molecule has 1 aliphatic rings. The van der Waals surface area contributed by atoms with E-state index in [0.717, 1.165) is 5.92 Å². The van der Waals surface area contributed by atoms with E-state index >= 15 is 0 Å². The van der Waals surface area contributed by atoms with E-state index in [-0.39, 0.29) is 6.61 Å². The Bertz CT molecular complexity index is 204. The smallest absolute Gasteiger partial charge is 0.0861 e. The molecule has 0 heterocycles. The van der Waals surface area contributed by atoms with Gasteiger partial charge in [-0.3, -0.25) is 0 Å². The van der Waals surface area contributed by atoms with E-state index in [0.29, 0.717) is 17.0 Å². The average molecular weight is 261 g/mol. The summed E-state index contributed by atoms with van der Waals surface area (Å²) in [7, 11) is 2.03. The van der Waals surface area contributed by atoms with Crippen LogP contribution in [0.1, 0.15) is 39.0 Å². The Hall–Kier alpha value is 0.230. The third kappa shape index (κ3) is 5.16. The van der Waals surface area contributed by atoms with E-state index in [9.17, 15) is 5.11 Å². The highest BCUT2D eigenvalue weighted by Crippen LogP contribution is 2.34. The molecule has 0 aromatic heterocycles. The van der Waals surface area contributed by atoms with Crippen molar-refractivity contribution in [1.82, 2.24) is 5.32 Å². The predicted octanol–water partition coefficient (Wildman–Crippen LogP) is 1.63. The zero-order valence-corrected chi connectivity index (χ0v) is 11.9. The van der Waals surface area contributed by atoms with Crippen LogP contribution >= 0.6 is 11.8 Å². The topological polar surface area (TPSA) is 52.5 Å². The third-order valence-corrected chi connectivity index (χ3v) is 5.21. The van der Waals surface area contributed by atoms with Crippen LogP contribution < -0.4 is 5.32 Å². The monoisotopic (exact) mass is 261 g/mol. The number of hydrogen-bond acceptors (Lipinski definition) is 4. The summed E-state index contributed by atoms with van der Waals surface area (Å²) in [6.45, 7) is 2.13. The van der Waals surface area contributed by atoms with E-state index in [1.165, 1.54) is 32.1 Å². The summed E-state index contributed by atoms with van der Waals surface area (Å²) in [5.74, 6) is 1.51. The van der Waals surface area contributed by atoms with Gasteiger partial charge in [0.15, 0.2) is 0 Å². The van der Waals surface area contributed by atoms with Crippen molar-refractivity contribution in [2.45, 2.75) is 56.4 Å². The lowest BCUT2D eigenvalue weighted by Crippen LogP contribution is -2.41. The molecule has 1 aliphatic carbocycles. The SMILES string of the molecule is CCCC1CCC(NC)C(SCC(O)CO)C1. The number of nitrogens with one attached hydrogen (secondary N) is 1. The Morgan fingerprint density at radius 1 is 1.41 bits per heavy atom. The zero-order valence-electron chi connectivity index (χ0n) is 11.1. The summed E-state index contributed by atoms with van der Waals surface area (Å²) in [6.07, 6.45) is 5.86. The van der Waals surface area contributed by atoms with Crippen LogP contribution in [0.25, 0.3) is 0 Å². The molecule has 17 heavy (non-hydrogen) atoms. The first-order valence-electron chi connectivity index (χ1n) is 6.79. The van der Waals surface area contributed by atoms with E-state index in [2.05, 4.69) is 12.2 Å². The minimum Gasteiger partial charge on any atom is -0.394 e. The first-order chi connectivity index (χ1) is 8.21. The number of aliphatic hydroxyl groups excluding tert-OH is 2. The van der Waals surface area contributed by atoms with Gasteiger partial charge in [0.2, 0.25) is 0 Å². The van der Waals surface area contributed by atoms with Gasteiger partial charge in [0.25, 0.3) is 0 Å². The first kappa shape index (κ1) is 15.3. The normalized spacial score (nSPS) is 31.4. The Balaban J connectivity index is 2.39. The van der Waals surface area contributed by atoms with Crippen molar-refractivity contribution < 1.29 is 10.2 Å². The summed E-state index contributed by atoms with van der Waals surface area (Å²) in [6, 6.07) is 0.569. The van der Waals surface area contributed by atoms with Gasteiger partial charge in [-0.2, -0.15) is 11.8 Å². The molecule has 102 valence electrons. The zero-order chi connectivity index (χ0) is 12.7. The fraction of sp³-hybridized carbons (Fsp3) is 1.00. The number of aliphatic hydroxyl groups is 2. The molecule has 4 unspecified atom stereocenters. The summed E-state index contributed by atoms with van der Waals surface area (Å²) in [5, 5.41) is 22.3. The lowest BCUT2D eigenvalue weighted by molar-refractivity contribution is 0.113. The summed E-state index contributed by atoms with van der Waals surface area (Å²) in [4.78, 5) is 0. The maximum atomic E-state index is 9.43. The average Bonchev–Trinajstić information content (AvgIpc) is 2.36. The molecule has 0 bridgehead atoms. The number of rotatable bonds is 7. The molecule has 3 N–H and O–H groups in total. The van der Waals surface area contributed by atoms with Crippen molar-refractivity contribution in [2.24, 2.45) is 5.92 Å². The van der Waals surface area contributed by atoms with E-state index in [1.54, 1.807) is 0 Å². The number of hydrogen-bond donors (Lipinski definition) is 3. The Morgan fingerprint density at radius 3 is 2.76 bits per heavy atom. The molecular weight excluding hydrogens is 234 g/mol.